The van der Waals surface area contributed by atoms with Crippen molar-refractivity contribution in [2.45, 2.75) is 13.5 Å². The minimum absolute atomic E-state index is 0.259. The maximum absolute atomic E-state index is 12.3. The fourth-order valence-electron chi connectivity index (χ4n) is 2.01. The molecule has 3 rings (SSSR count). The van der Waals surface area contributed by atoms with Crippen molar-refractivity contribution in [3.8, 4) is 0 Å². The maximum atomic E-state index is 12.3. The van der Waals surface area contributed by atoms with Crippen LogP contribution in [0.5, 0.6) is 0 Å². The zero-order valence-electron chi connectivity index (χ0n) is 10.8. The lowest BCUT2D eigenvalue weighted by atomic mass is 10.2. The number of thiazole rings is 1. The molecule has 20 heavy (non-hydrogen) atoms. The molecule has 3 N–H and O–H groups in total. The fourth-order valence-corrected chi connectivity index (χ4v) is 2.73. The Balaban J connectivity index is 1.89. The quantitative estimate of drug-likeness (QED) is 0.774. The molecule has 0 saturated carbocycles. The number of benzene rings is 1. The summed E-state index contributed by atoms with van der Waals surface area (Å²) in [5.41, 5.74) is 9.98. The predicted molar refractivity (Wildman–Crippen MR) is 79.9 cm³/mol. The van der Waals surface area contributed by atoms with Gasteiger partial charge in [0, 0.05) is 12.2 Å². The fraction of sp³-hybridized carbons (Fsp3) is 0.154. The Morgan fingerprint density at radius 3 is 3.15 bits per heavy atom. The van der Waals surface area contributed by atoms with Gasteiger partial charge in [0.05, 0.1) is 27.6 Å². The van der Waals surface area contributed by atoms with E-state index in [2.05, 4.69) is 15.4 Å². The molecule has 1 amide bonds. The summed E-state index contributed by atoms with van der Waals surface area (Å²) in [5.74, 6) is -0.259. The van der Waals surface area contributed by atoms with Crippen LogP contribution in [0.3, 0.4) is 0 Å². The van der Waals surface area contributed by atoms with Gasteiger partial charge in [0.15, 0.2) is 0 Å². The molecule has 2 aromatic heterocycles. The molecule has 6 nitrogen and oxygen atoms in total. The van der Waals surface area contributed by atoms with Crippen molar-refractivity contribution in [3.63, 3.8) is 0 Å². The first kappa shape index (κ1) is 12.6. The van der Waals surface area contributed by atoms with Crippen molar-refractivity contribution in [1.29, 1.82) is 0 Å². The number of nitrogens with two attached hydrogens (primary N) is 1. The summed E-state index contributed by atoms with van der Waals surface area (Å²) < 4.78 is 2.61. The molecule has 0 fully saturated rings. The molecule has 0 aliphatic heterocycles. The minimum atomic E-state index is -0.259. The van der Waals surface area contributed by atoms with Crippen LogP contribution < -0.4 is 11.1 Å². The number of rotatable bonds is 3. The zero-order chi connectivity index (χ0) is 14.1. The average molecular weight is 287 g/mol. The number of carbonyl (C=O) groups is 1. The van der Waals surface area contributed by atoms with Gasteiger partial charge in [-0.2, -0.15) is 5.10 Å². The van der Waals surface area contributed by atoms with Crippen molar-refractivity contribution < 1.29 is 4.79 Å². The SMILES string of the molecule is CCn1ncc(N)c1C(=O)Nc1ccc2ncsc2c1. The number of nitrogens with one attached hydrogen (secondary N) is 1. The highest BCUT2D eigenvalue weighted by Crippen LogP contribution is 2.22. The number of nitrogens with zero attached hydrogens (tertiary/aromatic N) is 3. The van der Waals surface area contributed by atoms with Crippen LogP contribution in [0.2, 0.25) is 0 Å². The standard InChI is InChI=1S/C13H13N5OS/c1-2-18-12(9(14)6-16-18)13(19)17-8-3-4-10-11(5-8)20-7-15-10/h3-7H,2,14H2,1H3,(H,17,19). The number of nitrogen functional groups attached to an aromatic ring is 1. The smallest absolute Gasteiger partial charge is 0.276 e. The first-order valence-corrected chi connectivity index (χ1v) is 7.03. The second kappa shape index (κ2) is 4.93. The molecule has 0 aliphatic rings. The molecule has 0 aliphatic carbocycles. The van der Waals surface area contributed by atoms with Crippen LogP contribution in [-0.2, 0) is 6.54 Å². The van der Waals surface area contributed by atoms with Gasteiger partial charge in [-0.25, -0.2) is 4.98 Å². The van der Waals surface area contributed by atoms with E-state index >= 15 is 0 Å². The number of aromatic nitrogens is 3. The summed E-state index contributed by atoms with van der Waals surface area (Å²) in [6.07, 6.45) is 1.49. The molecule has 0 atom stereocenters. The zero-order valence-corrected chi connectivity index (χ0v) is 11.6. The summed E-state index contributed by atoms with van der Waals surface area (Å²) in [7, 11) is 0. The minimum Gasteiger partial charge on any atom is -0.396 e. The van der Waals surface area contributed by atoms with Crippen molar-refractivity contribution in [2.75, 3.05) is 11.1 Å². The Kier molecular flexibility index (Phi) is 3.11. The first-order valence-electron chi connectivity index (χ1n) is 6.15. The van der Waals surface area contributed by atoms with Crippen LogP contribution in [0.25, 0.3) is 10.2 Å². The van der Waals surface area contributed by atoms with E-state index in [1.165, 1.54) is 17.5 Å². The predicted octanol–water partition coefficient (Wildman–Crippen LogP) is 2.35. The van der Waals surface area contributed by atoms with Gasteiger partial charge >= 0.3 is 0 Å². The van der Waals surface area contributed by atoms with Crippen molar-refractivity contribution >= 4 is 38.8 Å². The Hall–Kier alpha value is -2.41. The van der Waals surface area contributed by atoms with Crippen LogP contribution in [0, 0.1) is 0 Å². The van der Waals surface area contributed by atoms with E-state index < -0.39 is 0 Å². The second-order valence-electron chi connectivity index (χ2n) is 4.25. The number of amides is 1. The number of fused-ring (bicyclic) bond motifs is 1. The van der Waals surface area contributed by atoms with E-state index in [9.17, 15) is 4.79 Å². The lowest BCUT2D eigenvalue weighted by Gasteiger charge is -2.07. The molecular formula is C13H13N5OS. The number of hydrogen-bond acceptors (Lipinski definition) is 5. The molecule has 2 heterocycles. The number of carbonyl (C=O) groups excluding carboxylic acids is 1. The van der Waals surface area contributed by atoms with E-state index in [-0.39, 0.29) is 5.91 Å². The maximum Gasteiger partial charge on any atom is 0.276 e. The molecular weight excluding hydrogens is 274 g/mol. The van der Waals surface area contributed by atoms with E-state index in [0.717, 1.165) is 15.9 Å². The van der Waals surface area contributed by atoms with Crippen LogP contribution in [0.1, 0.15) is 17.4 Å². The summed E-state index contributed by atoms with van der Waals surface area (Å²) in [5, 5.41) is 6.90. The Bertz CT molecular complexity index is 776. The normalized spacial score (nSPS) is 10.8. The third-order valence-electron chi connectivity index (χ3n) is 2.97. The lowest BCUT2D eigenvalue weighted by molar-refractivity contribution is 0.101. The Morgan fingerprint density at radius 1 is 1.50 bits per heavy atom. The second-order valence-corrected chi connectivity index (χ2v) is 5.14. The lowest BCUT2D eigenvalue weighted by Crippen LogP contribution is -2.18. The number of aryl methyl sites for hydroxylation is 1. The molecule has 3 aromatic rings. The highest BCUT2D eigenvalue weighted by Gasteiger charge is 2.16. The first-order chi connectivity index (χ1) is 9.69. The Morgan fingerprint density at radius 2 is 2.35 bits per heavy atom. The van der Waals surface area contributed by atoms with Gasteiger partial charge in [-0.05, 0) is 25.1 Å². The van der Waals surface area contributed by atoms with Gasteiger partial charge < -0.3 is 11.1 Å². The number of hydrogen-bond donors (Lipinski definition) is 2. The highest BCUT2D eigenvalue weighted by molar-refractivity contribution is 7.16. The van der Waals surface area contributed by atoms with Crippen LogP contribution in [0.15, 0.2) is 29.9 Å². The molecule has 102 valence electrons. The molecule has 0 radical (unpaired) electrons. The molecule has 1 aromatic carbocycles. The molecule has 7 heteroatoms. The van der Waals surface area contributed by atoms with Crippen molar-refractivity contribution in [3.05, 3.63) is 35.6 Å². The highest BCUT2D eigenvalue weighted by atomic mass is 32.1. The van der Waals surface area contributed by atoms with Crippen molar-refractivity contribution in [2.24, 2.45) is 0 Å². The van der Waals surface area contributed by atoms with Crippen molar-refractivity contribution in [1.82, 2.24) is 14.8 Å². The van der Waals surface area contributed by atoms with E-state index in [1.807, 2.05) is 25.1 Å². The summed E-state index contributed by atoms with van der Waals surface area (Å²) in [6, 6.07) is 5.60. The summed E-state index contributed by atoms with van der Waals surface area (Å²) in [6.45, 7) is 2.50. The molecule has 0 spiro atoms. The van der Waals surface area contributed by atoms with Gasteiger partial charge in [-0.1, -0.05) is 0 Å². The monoisotopic (exact) mass is 287 g/mol. The largest absolute Gasteiger partial charge is 0.396 e. The van der Waals surface area contributed by atoms with Gasteiger partial charge in [-0.3, -0.25) is 9.48 Å². The third kappa shape index (κ3) is 2.12. The van der Waals surface area contributed by atoms with Crippen LogP contribution in [0.4, 0.5) is 11.4 Å². The number of anilines is 2. The van der Waals surface area contributed by atoms with Crippen LogP contribution in [-0.4, -0.2) is 20.7 Å². The Labute approximate surface area is 119 Å². The average Bonchev–Trinajstić information content (AvgIpc) is 3.04. The summed E-state index contributed by atoms with van der Waals surface area (Å²) >= 11 is 1.53. The van der Waals surface area contributed by atoms with E-state index in [0.29, 0.717) is 17.9 Å². The topological polar surface area (TPSA) is 85.8 Å². The molecule has 0 saturated heterocycles. The van der Waals surface area contributed by atoms with Gasteiger partial charge in [0.25, 0.3) is 5.91 Å². The van der Waals surface area contributed by atoms with E-state index in [1.54, 1.807) is 10.2 Å². The summed E-state index contributed by atoms with van der Waals surface area (Å²) in [4.78, 5) is 16.5. The van der Waals surface area contributed by atoms with Gasteiger partial charge in [0.1, 0.15) is 5.69 Å². The third-order valence-corrected chi connectivity index (χ3v) is 3.76. The van der Waals surface area contributed by atoms with Crippen LogP contribution >= 0.6 is 11.3 Å². The van der Waals surface area contributed by atoms with Gasteiger partial charge in [0.2, 0.25) is 0 Å². The van der Waals surface area contributed by atoms with Gasteiger partial charge in [-0.15, -0.1) is 11.3 Å². The van der Waals surface area contributed by atoms with E-state index in [4.69, 9.17) is 5.73 Å². The molecule has 0 unspecified atom stereocenters. The molecule has 0 bridgehead atoms.